The van der Waals surface area contributed by atoms with Crippen molar-refractivity contribution in [3.8, 4) is 0 Å². The Balaban J connectivity index is 4.35. The van der Waals surface area contributed by atoms with Crippen molar-refractivity contribution in [1.82, 2.24) is 0 Å². The molecule has 1 N–H and O–H groups in total. The first-order valence-electron chi connectivity index (χ1n) is 6.99. The lowest BCUT2D eigenvalue weighted by Gasteiger charge is -2.21. The van der Waals surface area contributed by atoms with Gasteiger partial charge in [0.15, 0.2) is 6.29 Å². The molecular formula is C14H26O5. The maximum atomic E-state index is 11.3. The molecule has 0 aliphatic carbocycles. The number of carbonyl (C=O) groups excluding carboxylic acids is 1. The van der Waals surface area contributed by atoms with Gasteiger partial charge >= 0.3 is 5.97 Å². The Kier molecular flexibility index (Phi) is 10.4. The van der Waals surface area contributed by atoms with Crippen molar-refractivity contribution in [2.24, 2.45) is 5.92 Å². The summed E-state index contributed by atoms with van der Waals surface area (Å²) in [7, 11) is 0. The van der Waals surface area contributed by atoms with Gasteiger partial charge in [-0.1, -0.05) is 26.7 Å². The second kappa shape index (κ2) is 10.9. The number of carboxylic acid groups (broad SMARTS) is 1. The Morgan fingerprint density at radius 1 is 1.05 bits per heavy atom. The van der Waals surface area contributed by atoms with Gasteiger partial charge in [0.05, 0.1) is 0 Å². The summed E-state index contributed by atoms with van der Waals surface area (Å²) in [4.78, 5) is 22.3. The fourth-order valence-electron chi connectivity index (χ4n) is 1.54. The van der Waals surface area contributed by atoms with E-state index in [2.05, 4.69) is 0 Å². The van der Waals surface area contributed by atoms with Crippen molar-refractivity contribution < 1.29 is 24.2 Å². The third kappa shape index (κ3) is 8.72. The summed E-state index contributed by atoms with van der Waals surface area (Å²) in [6.45, 7) is 6.43. The van der Waals surface area contributed by atoms with Crippen LogP contribution in [0.2, 0.25) is 0 Å². The van der Waals surface area contributed by atoms with Gasteiger partial charge in [-0.3, -0.25) is 9.59 Å². The highest BCUT2D eigenvalue weighted by atomic mass is 16.7. The number of aliphatic carboxylic acids is 1. The predicted octanol–water partition coefficient (Wildman–Crippen LogP) is 2.63. The number of rotatable bonds is 12. The molecule has 0 aromatic heterocycles. The van der Waals surface area contributed by atoms with Crippen LogP contribution in [0.4, 0.5) is 0 Å². The van der Waals surface area contributed by atoms with Crippen LogP contribution in [0.3, 0.4) is 0 Å². The second-order valence-corrected chi connectivity index (χ2v) is 4.62. The van der Waals surface area contributed by atoms with E-state index in [9.17, 15) is 9.59 Å². The van der Waals surface area contributed by atoms with Crippen LogP contribution in [-0.4, -0.2) is 36.4 Å². The number of ether oxygens (including phenoxy) is 2. The van der Waals surface area contributed by atoms with Crippen molar-refractivity contribution in [2.75, 3.05) is 13.2 Å². The van der Waals surface area contributed by atoms with E-state index in [0.717, 1.165) is 25.7 Å². The summed E-state index contributed by atoms with van der Waals surface area (Å²) >= 11 is 0. The molecule has 5 heteroatoms. The van der Waals surface area contributed by atoms with Crippen LogP contribution in [0, 0.1) is 5.92 Å². The fraction of sp³-hybridized carbons (Fsp3) is 0.857. The highest BCUT2D eigenvalue weighted by molar-refractivity contribution is 5.96. The van der Waals surface area contributed by atoms with Gasteiger partial charge in [0, 0.05) is 19.6 Å². The Bertz CT molecular complexity index is 241. The lowest BCUT2D eigenvalue weighted by Crippen LogP contribution is -2.30. The topological polar surface area (TPSA) is 72.8 Å². The van der Waals surface area contributed by atoms with E-state index >= 15 is 0 Å². The van der Waals surface area contributed by atoms with Crippen molar-refractivity contribution in [3.63, 3.8) is 0 Å². The van der Waals surface area contributed by atoms with Gasteiger partial charge in [-0.25, -0.2) is 0 Å². The fourth-order valence-corrected chi connectivity index (χ4v) is 1.54. The van der Waals surface area contributed by atoms with Crippen molar-refractivity contribution in [2.45, 2.75) is 59.2 Å². The second-order valence-electron chi connectivity index (χ2n) is 4.62. The first-order valence-corrected chi connectivity index (χ1v) is 6.99. The minimum atomic E-state index is -1.12. The number of hydrogen-bond donors (Lipinski definition) is 1. The first-order chi connectivity index (χ1) is 9.02. The van der Waals surface area contributed by atoms with Crippen LogP contribution >= 0.6 is 0 Å². The van der Waals surface area contributed by atoms with Gasteiger partial charge < -0.3 is 14.6 Å². The van der Waals surface area contributed by atoms with Crippen molar-refractivity contribution in [3.05, 3.63) is 0 Å². The molecule has 0 saturated carbocycles. The van der Waals surface area contributed by atoms with Gasteiger partial charge in [0.1, 0.15) is 11.7 Å². The maximum Gasteiger partial charge on any atom is 0.314 e. The SMILES string of the molecule is CCCCOC(CC(C(C)=O)C(=O)O)OCCCC. The average molecular weight is 274 g/mol. The molecule has 0 radical (unpaired) electrons. The monoisotopic (exact) mass is 274 g/mol. The molecule has 0 aliphatic heterocycles. The first kappa shape index (κ1) is 18.1. The molecule has 5 nitrogen and oxygen atoms in total. The zero-order valence-electron chi connectivity index (χ0n) is 12.2. The molecule has 0 rings (SSSR count). The van der Waals surface area contributed by atoms with E-state index in [-0.39, 0.29) is 12.2 Å². The molecule has 0 aromatic carbocycles. The Labute approximate surface area is 115 Å². The Morgan fingerprint density at radius 3 is 1.84 bits per heavy atom. The number of hydrogen-bond acceptors (Lipinski definition) is 4. The van der Waals surface area contributed by atoms with Gasteiger partial charge in [0.2, 0.25) is 0 Å². The van der Waals surface area contributed by atoms with E-state index in [1.165, 1.54) is 6.92 Å². The molecule has 0 aromatic rings. The largest absolute Gasteiger partial charge is 0.481 e. The summed E-state index contributed by atoms with van der Waals surface area (Å²) in [6.07, 6.45) is 3.26. The normalized spacial score (nSPS) is 12.6. The molecule has 112 valence electrons. The minimum Gasteiger partial charge on any atom is -0.481 e. The smallest absolute Gasteiger partial charge is 0.314 e. The third-order valence-electron chi connectivity index (χ3n) is 2.82. The highest BCUT2D eigenvalue weighted by Gasteiger charge is 2.27. The molecule has 19 heavy (non-hydrogen) atoms. The number of carbonyl (C=O) groups is 2. The summed E-state index contributed by atoms with van der Waals surface area (Å²) in [6, 6.07) is 0. The summed E-state index contributed by atoms with van der Waals surface area (Å²) in [5.74, 6) is -2.53. The Morgan fingerprint density at radius 2 is 1.53 bits per heavy atom. The van der Waals surface area contributed by atoms with Gasteiger partial charge in [0.25, 0.3) is 0 Å². The zero-order chi connectivity index (χ0) is 14.7. The molecule has 1 atom stereocenters. The molecule has 0 spiro atoms. The van der Waals surface area contributed by atoms with Crippen LogP contribution in [0.25, 0.3) is 0 Å². The van der Waals surface area contributed by atoms with Crippen molar-refractivity contribution in [1.29, 1.82) is 0 Å². The molecule has 0 bridgehead atoms. The van der Waals surface area contributed by atoms with E-state index < -0.39 is 18.2 Å². The van der Waals surface area contributed by atoms with Crippen LogP contribution in [0.5, 0.6) is 0 Å². The van der Waals surface area contributed by atoms with Crippen LogP contribution in [0.1, 0.15) is 52.9 Å². The lowest BCUT2D eigenvalue weighted by molar-refractivity contribution is -0.167. The van der Waals surface area contributed by atoms with E-state index in [1.807, 2.05) is 13.8 Å². The van der Waals surface area contributed by atoms with Crippen LogP contribution < -0.4 is 0 Å². The summed E-state index contributed by atoms with van der Waals surface area (Å²) < 4.78 is 11.0. The van der Waals surface area contributed by atoms with Gasteiger partial charge in [-0.15, -0.1) is 0 Å². The summed E-state index contributed by atoms with van der Waals surface area (Å²) in [5, 5.41) is 9.00. The minimum absolute atomic E-state index is 0.0814. The lowest BCUT2D eigenvalue weighted by atomic mass is 10.0. The Hall–Kier alpha value is -0.940. The molecule has 0 amide bonds. The maximum absolute atomic E-state index is 11.3. The standard InChI is InChI=1S/C14H26O5/c1-4-6-8-18-13(19-9-7-5-2)10-12(11(3)15)14(16)17/h12-13H,4-10H2,1-3H3,(H,16,17). The molecule has 0 aliphatic rings. The van der Waals surface area contributed by atoms with E-state index in [4.69, 9.17) is 14.6 Å². The highest BCUT2D eigenvalue weighted by Crippen LogP contribution is 2.14. The molecular weight excluding hydrogens is 248 g/mol. The quantitative estimate of drug-likeness (QED) is 0.336. The van der Waals surface area contributed by atoms with Crippen LogP contribution in [-0.2, 0) is 19.1 Å². The van der Waals surface area contributed by atoms with Crippen LogP contribution in [0.15, 0.2) is 0 Å². The zero-order valence-corrected chi connectivity index (χ0v) is 12.2. The summed E-state index contributed by atoms with van der Waals surface area (Å²) in [5.41, 5.74) is 0. The number of Topliss-reactive ketones (excluding diaryl/α,β-unsaturated/α-hetero) is 1. The van der Waals surface area contributed by atoms with Gasteiger partial charge in [-0.05, 0) is 19.8 Å². The average Bonchev–Trinajstić information content (AvgIpc) is 2.34. The van der Waals surface area contributed by atoms with Crippen molar-refractivity contribution >= 4 is 11.8 Å². The third-order valence-corrected chi connectivity index (χ3v) is 2.82. The predicted molar refractivity (Wildman–Crippen MR) is 71.9 cm³/mol. The number of ketones is 1. The number of carboxylic acids is 1. The van der Waals surface area contributed by atoms with Gasteiger partial charge in [-0.2, -0.15) is 0 Å². The number of unbranched alkanes of at least 4 members (excludes halogenated alkanes) is 2. The van der Waals surface area contributed by atoms with E-state index in [1.54, 1.807) is 0 Å². The van der Waals surface area contributed by atoms with E-state index in [0.29, 0.717) is 13.2 Å². The molecule has 1 unspecified atom stereocenters. The molecule has 0 saturated heterocycles. The molecule has 0 heterocycles. The molecule has 0 fully saturated rings.